The zero-order valence-corrected chi connectivity index (χ0v) is 9.13. The molecule has 0 saturated heterocycles. The van der Waals surface area contributed by atoms with Gasteiger partial charge in [-0.3, -0.25) is 0 Å². The van der Waals surface area contributed by atoms with E-state index in [1.54, 1.807) is 18.2 Å². The minimum absolute atomic E-state index is 0.331. The fourth-order valence-corrected chi connectivity index (χ4v) is 1.48. The van der Waals surface area contributed by atoms with E-state index in [-0.39, 0.29) is 0 Å². The number of halogens is 4. The van der Waals surface area contributed by atoms with Crippen molar-refractivity contribution in [2.45, 2.75) is 18.3 Å². The fraction of sp³-hybridized carbons (Fsp3) is 0.333. The van der Waals surface area contributed by atoms with Gasteiger partial charge < -0.3 is 0 Å². The summed E-state index contributed by atoms with van der Waals surface area (Å²) in [5.41, 5.74) is -5.29. The average Bonchev–Trinajstić information content (AvgIpc) is 2.16. The van der Waals surface area contributed by atoms with E-state index in [4.69, 9.17) is 0 Å². The highest BCUT2D eigenvalue weighted by Gasteiger charge is 2.48. The first kappa shape index (κ1) is 13.9. The van der Waals surface area contributed by atoms with Crippen LogP contribution in [0.4, 0.5) is 17.6 Å². The molecule has 3 nitrogen and oxygen atoms in total. The summed E-state index contributed by atoms with van der Waals surface area (Å²) in [4.78, 5) is 0. The Morgan fingerprint density at radius 1 is 1.18 bits per heavy atom. The molecule has 1 rings (SSSR count). The molecule has 1 aromatic rings. The molecule has 0 radical (unpaired) electrons. The van der Waals surface area contributed by atoms with Gasteiger partial charge in [0.1, 0.15) is 0 Å². The average molecular weight is 272 g/mol. The molecule has 0 N–H and O–H groups in total. The molecular formula is C9H8F4O3S. The van der Waals surface area contributed by atoms with Gasteiger partial charge in [-0.25, -0.2) is 8.57 Å². The highest BCUT2D eigenvalue weighted by molar-refractivity contribution is 7.87. The molecule has 0 aliphatic carbocycles. The summed E-state index contributed by atoms with van der Waals surface area (Å²) in [7, 11) is -5.89. The van der Waals surface area contributed by atoms with Crippen LogP contribution in [-0.4, -0.2) is 20.3 Å². The molecule has 0 bridgehead atoms. The molecule has 0 aromatic heterocycles. The molecule has 0 saturated carbocycles. The molecule has 0 heterocycles. The quantitative estimate of drug-likeness (QED) is 0.480. The second-order valence-corrected chi connectivity index (χ2v) is 4.66. The van der Waals surface area contributed by atoms with Crippen LogP contribution in [0.1, 0.15) is 5.56 Å². The van der Waals surface area contributed by atoms with Gasteiger partial charge in [0, 0.05) is 6.42 Å². The van der Waals surface area contributed by atoms with Crippen molar-refractivity contribution in [2.24, 2.45) is 0 Å². The van der Waals surface area contributed by atoms with Gasteiger partial charge in [-0.05, 0) is 5.56 Å². The zero-order valence-electron chi connectivity index (χ0n) is 8.32. The maximum absolute atomic E-state index is 13.0. The van der Waals surface area contributed by atoms with Gasteiger partial charge in [-0.15, -0.1) is 0 Å². The van der Waals surface area contributed by atoms with E-state index in [9.17, 15) is 26.0 Å². The lowest BCUT2D eigenvalue weighted by Crippen LogP contribution is -2.29. The van der Waals surface area contributed by atoms with E-state index in [0.717, 1.165) is 0 Å². The van der Waals surface area contributed by atoms with Crippen molar-refractivity contribution < 1.29 is 30.2 Å². The molecule has 1 aromatic carbocycles. The predicted molar refractivity (Wildman–Crippen MR) is 51.1 cm³/mol. The second kappa shape index (κ2) is 5.01. The molecule has 96 valence electrons. The van der Waals surface area contributed by atoms with E-state index in [1.807, 2.05) is 0 Å². The third-order valence-corrected chi connectivity index (χ3v) is 2.78. The fourth-order valence-electron chi connectivity index (χ4n) is 1.03. The maximum Gasteiger partial charge on any atom is 0.523 e. The Labute approximate surface area is 95.1 Å². The molecule has 0 aliphatic rings. The van der Waals surface area contributed by atoms with E-state index in [1.165, 1.54) is 12.1 Å². The SMILES string of the molecule is O=S(=O)(OC(F)Cc1ccccc1)C(F)(F)F. The number of alkyl halides is 4. The van der Waals surface area contributed by atoms with Crippen LogP contribution < -0.4 is 0 Å². The van der Waals surface area contributed by atoms with Crippen LogP contribution in [-0.2, 0) is 20.7 Å². The smallest absolute Gasteiger partial charge is 0.226 e. The van der Waals surface area contributed by atoms with Crippen molar-refractivity contribution in [1.82, 2.24) is 0 Å². The van der Waals surface area contributed by atoms with Crippen molar-refractivity contribution in [2.75, 3.05) is 0 Å². The summed E-state index contributed by atoms with van der Waals surface area (Å²) >= 11 is 0. The van der Waals surface area contributed by atoms with E-state index >= 15 is 0 Å². The minimum Gasteiger partial charge on any atom is -0.226 e. The third kappa shape index (κ3) is 3.97. The molecule has 0 aliphatic heterocycles. The van der Waals surface area contributed by atoms with Gasteiger partial charge in [-0.2, -0.15) is 21.6 Å². The Hall–Kier alpha value is -1.15. The molecule has 0 amide bonds. The van der Waals surface area contributed by atoms with Gasteiger partial charge in [0.15, 0.2) is 0 Å². The molecule has 0 fully saturated rings. The molecule has 1 unspecified atom stereocenters. The summed E-state index contributed by atoms with van der Waals surface area (Å²) in [6.07, 6.45) is -3.14. The number of benzene rings is 1. The van der Waals surface area contributed by atoms with Crippen molar-refractivity contribution in [1.29, 1.82) is 0 Å². The summed E-state index contributed by atoms with van der Waals surface area (Å²) in [5, 5.41) is 0. The summed E-state index contributed by atoms with van der Waals surface area (Å²) in [6, 6.07) is 7.59. The molecule has 8 heteroatoms. The van der Waals surface area contributed by atoms with Gasteiger partial charge in [-0.1, -0.05) is 30.3 Å². The van der Waals surface area contributed by atoms with E-state index < -0.39 is 28.4 Å². The van der Waals surface area contributed by atoms with Crippen LogP contribution >= 0.6 is 0 Å². The topological polar surface area (TPSA) is 43.4 Å². The number of hydrogen-bond donors (Lipinski definition) is 0. The zero-order chi connectivity index (χ0) is 13.1. The lowest BCUT2D eigenvalue weighted by atomic mass is 10.2. The lowest BCUT2D eigenvalue weighted by Gasteiger charge is -2.11. The first-order valence-corrected chi connectivity index (χ1v) is 5.81. The van der Waals surface area contributed by atoms with Crippen molar-refractivity contribution in [3.05, 3.63) is 35.9 Å². The first-order valence-electron chi connectivity index (χ1n) is 4.40. The van der Waals surface area contributed by atoms with Gasteiger partial charge in [0.05, 0.1) is 0 Å². The van der Waals surface area contributed by atoms with Crippen LogP contribution in [0.3, 0.4) is 0 Å². The lowest BCUT2D eigenvalue weighted by molar-refractivity contribution is -0.0645. The van der Waals surface area contributed by atoms with Crippen LogP contribution in [0.25, 0.3) is 0 Å². The Balaban J connectivity index is 2.66. The highest BCUT2D eigenvalue weighted by atomic mass is 32.2. The van der Waals surface area contributed by atoms with Crippen LogP contribution in [0, 0.1) is 0 Å². The summed E-state index contributed by atoms with van der Waals surface area (Å²) in [6.45, 7) is 0. The van der Waals surface area contributed by atoms with E-state index in [2.05, 4.69) is 4.18 Å². The molecule has 17 heavy (non-hydrogen) atoms. The van der Waals surface area contributed by atoms with Crippen LogP contribution in [0.5, 0.6) is 0 Å². The van der Waals surface area contributed by atoms with E-state index in [0.29, 0.717) is 5.56 Å². The normalized spacial score (nSPS) is 14.6. The number of hydrogen-bond acceptors (Lipinski definition) is 3. The number of rotatable bonds is 4. The van der Waals surface area contributed by atoms with Crippen LogP contribution in [0.15, 0.2) is 30.3 Å². The Morgan fingerprint density at radius 2 is 1.71 bits per heavy atom. The van der Waals surface area contributed by atoms with Crippen molar-refractivity contribution in [3.8, 4) is 0 Å². The first-order chi connectivity index (χ1) is 7.72. The second-order valence-electron chi connectivity index (χ2n) is 3.10. The molecular weight excluding hydrogens is 264 g/mol. The van der Waals surface area contributed by atoms with Crippen molar-refractivity contribution in [3.63, 3.8) is 0 Å². The van der Waals surface area contributed by atoms with Gasteiger partial charge >= 0.3 is 15.6 Å². The maximum atomic E-state index is 13.0. The summed E-state index contributed by atoms with van der Waals surface area (Å²) < 4.78 is 72.9. The minimum atomic E-state index is -5.89. The predicted octanol–water partition coefficient (Wildman–Crippen LogP) is 2.39. The Kier molecular flexibility index (Phi) is 4.10. The van der Waals surface area contributed by atoms with Gasteiger partial charge in [0.2, 0.25) is 6.36 Å². The summed E-state index contributed by atoms with van der Waals surface area (Å²) in [5.74, 6) is 0. The molecule has 0 spiro atoms. The molecule has 1 atom stereocenters. The largest absolute Gasteiger partial charge is 0.523 e. The standard InChI is InChI=1S/C9H8F4O3S/c10-8(6-7-4-2-1-3-5-7)16-17(14,15)9(11,12)13/h1-5,8H,6H2. The Morgan fingerprint density at radius 3 is 2.18 bits per heavy atom. The highest BCUT2D eigenvalue weighted by Crippen LogP contribution is 2.26. The van der Waals surface area contributed by atoms with Crippen LogP contribution in [0.2, 0.25) is 0 Å². The van der Waals surface area contributed by atoms with Gasteiger partial charge in [0.25, 0.3) is 0 Å². The third-order valence-electron chi connectivity index (χ3n) is 1.75. The monoisotopic (exact) mass is 272 g/mol. The Bertz CT molecular complexity index is 455. The van der Waals surface area contributed by atoms with Crippen molar-refractivity contribution >= 4 is 10.1 Å².